The normalized spacial score (nSPS) is 11.0. The lowest BCUT2D eigenvalue weighted by Gasteiger charge is -1.85. The van der Waals surface area contributed by atoms with Gasteiger partial charge in [0.1, 0.15) is 5.01 Å². The Balaban J connectivity index is 2.22. The van der Waals surface area contributed by atoms with Gasteiger partial charge >= 0.3 is 0 Å². The molecule has 74 valence electrons. The van der Waals surface area contributed by atoms with E-state index in [1.807, 2.05) is 17.5 Å². The SMILES string of the molecule is Clc1cnc2nc(-c3cccs3)sc2c1. The Morgan fingerprint density at radius 2 is 2.27 bits per heavy atom. The summed E-state index contributed by atoms with van der Waals surface area (Å²) in [6.45, 7) is 0. The Kier molecular flexibility index (Phi) is 2.20. The van der Waals surface area contributed by atoms with Crippen molar-refractivity contribution in [2.24, 2.45) is 0 Å². The van der Waals surface area contributed by atoms with Crippen LogP contribution in [-0.2, 0) is 0 Å². The fraction of sp³-hybridized carbons (Fsp3) is 0. The largest absolute Gasteiger partial charge is 0.234 e. The van der Waals surface area contributed by atoms with E-state index in [1.54, 1.807) is 28.9 Å². The van der Waals surface area contributed by atoms with E-state index in [1.165, 1.54) is 4.88 Å². The van der Waals surface area contributed by atoms with Crippen LogP contribution in [0.3, 0.4) is 0 Å². The van der Waals surface area contributed by atoms with Crippen LogP contribution in [-0.4, -0.2) is 9.97 Å². The molecule has 15 heavy (non-hydrogen) atoms. The van der Waals surface area contributed by atoms with Gasteiger partial charge in [-0.3, -0.25) is 0 Å². The van der Waals surface area contributed by atoms with E-state index >= 15 is 0 Å². The standard InChI is InChI=1S/C10H5ClN2S2/c11-6-4-8-9(12-5-6)13-10(15-8)7-2-1-3-14-7/h1-5H. The summed E-state index contributed by atoms with van der Waals surface area (Å²) >= 11 is 9.18. The van der Waals surface area contributed by atoms with Gasteiger partial charge in [-0.1, -0.05) is 17.7 Å². The topological polar surface area (TPSA) is 25.8 Å². The predicted octanol–water partition coefficient (Wildman–Crippen LogP) is 4.07. The summed E-state index contributed by atoms with van der Waals surface area (Å²) in [5, 5.41) is 3.71. The molecule has 3 heterocycles. The molecule has 0 radical (unpaired) electrons. The van der Waals surface area contributed by atoms with Crippen LogP contribution in [0.25, 0.3) is 20.2 Å². The molecule has 0 aliphatic carbocycles. The number of pyridine rings is 1. The van der Waals surface area contributed by atoms with Crippen molar-refractivity contribution in [1.82, 2.24) is 9.97 Å². The van der Waals surface area contributed by atoms with E-state index in [0.717, 1.165) is 15.4 Å². The molecule has 0 aromatic carbocycles. The molecule has 0 bridgehead atoms. The number of hydrogen-bond acceptors (Lipinski definition) is 4. The van der Waals surface area contributed by atoms with Gasteiger partial charge in [-0.15, -0.1) is 22.7 Å². The van der Waals surface area contributed by atoms with Crippen LogP contribution in [0.15, 0.2) is 29.8 Å². The monoisotopic (exact) mass is 252 g/mol. The second-order valence-electron chi connectivity index (χ2n) is 2.97. The van der Waals surface area contributed by atoms with E-state index in [0.29, 0.717) is 5.02 Å². The summed E-state index contributed by atoms with van der Waals surface area (Å²) in [7, 11) is 0. The Morgan fingerprint density at radius 3 is 3.07 bits per heavy atom. The van der Waals surface area contributed by atoms with Crippen LogP contribution in [0.4, 0.5) is 0 Å². The van der Waals surface area contributed by atoms with Crippen molar-refractivity contribution in [2.75, 3.05) is 0 Å². The van der Waals surface area contributed by atoms with E-state index in [9.17, 15) is 0 Å². The van der Waals surface area contributed by atoms with Gasteiger partial charge in [0.25, 0.3) is 0 Å². The third-order valence-electron chi connectivity index (χ3n) is 1.95. The first-order valence-corrected chi connectivity index (χ1v) is 6.36. The highest BCUT2D eigenvalue weighted by atomic mass is 35.5. The van der Waals surface area contributed by atoms with E-state index in [-0.39, 0.29) is 0 Å². The molecule has 0 saturated carbocycles. The number of thiophene rings is 1. The Labute approximate surface area is 99.2 Å². The molecule has 0 aliphatic heterocycles. The minimum atomic E-state index is 0.656. The molecule has 0 aliphatic rings. The number of halogens is 1. The number of aromatic nitrogens is 2. The zero-order valence-electron chi connectivity index (χ0n) is 7.48. The highest BCUT2D eigenvalue weighted by Gasteiger charge is 2.07. The molecule has 0 amide bonds. The molecule has 0 atom stereocenters. The third-order valence-corrected chi connectivity index (χ3v) is 4.18. The molecule has 5 heteroatoms. The molecule has 3 rings (SSSR count). The molecular formula is C10H5ClN2S2. The highest BCUT2D eigenvalue weighted by molar-refractivity contribution is 7.25. The molecule has 3 aromatic heterocycles. The zero-order chi connectivity index (χ0) is 10.3. The lowest BCUT2D eigenvalue weighted by molar-refractivity contribution is 1.33. The first-order valence-electron chi connectivity index (χ1n) is 4.29. The number of nitrogens with zero attached hydrogens (tertiary/aromatic N) is 2. The maximum atomic E-state index is 5.87. The van der Waals surface area contributed by atoms with Crippen LogP contribution in [0, 0.1) is 0 Å². The van der Waals surface area contributed by atoms with Crippen LogP contribution in [0.5, 0.6) is 0 Å². The summed E-state index contributed by atoms with van der Waals surface area (Å²) in [4.78, 5) is 9.81. The molecule has 2 nitrogen and oxygen atoms in total. The summed E-state index contributed by atoms with van der Waals surface area (Å²) < 4.78 is 1.03. The maximum Gasteiger partial charge on any atom is 0.171 e. The summed E-state index contributed by atoms with van der Waals surface area (Å²) in [5.74, 6) is 0. The second-order valence-corrected chi connectivity index (χ2v) is 5.39. The third kappa shape index (κ3) is 1.65. The van der Waals surface area contributed by atoms with Gasteiger partial charge in [-0.2, -0.15) is 0 Å². The Morgan fingerprint density at radius 1 is 1.33 bits per heavy atom. The average molecular weight is 253 g/mol. The summed E-state index contributed by atoms with van der Waals surface area (Å²) in [6.07, 6.45) is 1.63. The van der Waals surface area contributed by atoms with Crippen LogP contribution in [0.2, 0.25) is 5.02 Å². The van der Waals surface area contributed by atoms with Crippen molar-refractivity contribution in [2.45, 2.75) is 0 Å². The van der Waals surface area contributed by atoms with Crippen molar-refractivity contribution in [3.05, 3.63) is 34.8 Å². The lowest BCUT2D eigenvalue weighted by atomic mass is 10.5. The van der Waals surface area contributed by atoms with E-state index in [4.69, 9.17) is 11.6 Å². The van der Waals surface area contributed by atoms with Crippen LogP contribution < -0.4 is 0 Å². The molecule has 0 saturated heterocycles. The number of fused-ring (bicyclic) bond motifs is 1. The number of rotatable bonds is 1. The van der Waals surface area contributed by atoms with Gasteiger partial charge in [-0.25, -0.2) is 9.97 Å². The second kappa shape index (κ2) is 3.56. The summed E-state index contributed by atoms with van der Waals surface area (Å²) in [5.41, 5.74) is 0.771. The fourth-order valence-electron chi connectivity index (χ4n) is 1.30. The molecule has 0 fully saturated rings. The van der Waals surface area contributed by atoms with Crippen molar-refractivity contribution in [3.8, 4) is 9.88 Å². The van der Waals surface area contributed by atoms with Crippen molar-refractivity contribution in [1.29, 1.82) is 0 Å². The van der Waals surface area contributed by atoms with Gasteiger partial charge < -0.3 is 0 Å². The quantitative estimate of drug-likeness (QED) is 0.652. The average Bonchev–Trinajstić information content (AvgIpc) is 2.84. The van der Waals surface area contributed by atoms with Gasteiger partial charge in [0, 0.05) is 6.20 Å². The first kappa shape index (κ1) is 9.27. The van der Waals surface area contributed by atoms with Gasteiger partial charge in [0.05, 0.1) is 14.6 Å². The minimum Gasteiger partial charge on any atom is -0.234 e. The van der Waals surface area contributed by atoms with Crippen molar-refractivity contribution >= 4 is 44.6 Å². The smallest absolute Gasteiger partial charge is 0.171 e. The molecular weight excluding hydrogens is 248 g/mol. The zero-order valence-corrected chi connectivity index (χ0v) is 9.86. The van der Waals surface area contributed by atoms with Crippen LogP contribution in [0.1, 0.15) is 0 Å². The van der Waals surface area contributed by atoms with Gasteiger partial charge in [0.2, 0.25) is 0 Å². The van der Waals surface area contributed by atoms with Crippen LogP contribution >= 0.6 is 34.3 Å². The Hall–Kier alpha value is -0.970. The molecule has 0 N–H and O–H groups in total. The van der Waals surface area contributed by atoms with E-state index < -0.39 is 0 Å². The highest BCUT2D eigenvalue weighted by Crippen LogP contribution is 2.32. The van der Waals surface area contributed by atoms with Gasteiger partial charge in [0.15, 0.2) is 5.65 Å². The van der Waals surface area contributed by atoms with Gasteiger partial charge in [-0.05, 0) is 17.5 Å². The lowest BCUT2D eigenvalue weighted by Crippen LogP contribution is -1.74. The fourth-order valence-corrected chi connectivity index (χ4v) is 3.29. The van der Waals surface area contributed by atoms with E-state index in [2.05, 4.69) is 16.0 Å². The molecule has 0 spiro atoms. The number of hydrogen-bond donors (Lipinski definition) is 0. The summed E-state index contributed by atoms with van der Waals surface area (Å²) in [6, 6.07) is 5.98. The molecule has 0 unspecified atom stereocenters. The van der Waals surface area contributed by atoms with Crippen molar-refractivity contribution < 1.29 is 0 Å². The maximum absolute atomic E-state index is 5.87. The predicted molar refractivity (Wildman–Crippen MR) is 65.7 cm³/mol. The first-order chi connectivity index (χ1) is 7.33. The van der Waals surface area contributed by atoms with Crippen molar-refractivity contribution in [3.63, 3.8) is 0 Å². The minimum absolute atomic E-state index is 0.656. The Bertz CT molecular complexity index is 601. The molecule has 3 aromatic rings. The number of thiazole rings is 1.